The minimum atomic E-state index is -3.96. The van der Waals surface area contributed by atoms with Gasteiger partial charge in [-0.05, 0) is 72.8 Å². The van der Waals surface area contributed by atoms with Crippen molar-refractivity contribution >= 4 is 77.8 Å². The number of rotatable bonds is 8. The zero-order valence-electron chi connectivity index (χ0n) is 19.2. The molecule has 0 atom stereocenters. The Morgan fingerprint density at radius 1 is 0.605 bits per heavy atom. The van der Waals surface area contributed by atoms with Crippen molar-refractivity contribution in [2.24, 2.45) is 0 Å². The van der Waals surface area contributed by atoms with E-state index in [0.717, 1.165) is 0 Å². The standard InChI is InChI=1S/C25H18Cl3N3O5S2/c26-16-6-13-24(23(28)14-16)31-38(35,36)20-10-7-17(8-11-20)29-25(32)21-12-9-18(15-22(21)27)30-37(33,34)19-4-2-1-3-5-19/h1-15,30-31H,(H,29,32). The van der Waals surface area contributed by atoms with Crippen molar-refractivity contribution in [3.8, 4) is 0 Å². The molecule has 4 aromatic carbocycles. The fraction of sp³-hybridized carbons (Fsp3) is 0. The van der Waals surface area contributed by atoms with Gasteiger partial charge in [-0.1, -0.05) is 53.0 Å². The van der Waals surface area contributed by atoms with Gasteiger partial charge in [0.1, 0.15) is 0 Å². The molecular formula is C25H18Cl3N3O5S2. The van der Waals surface area contributed by atoms with E-state index in [4.69, 9.17) is 34.8 Å². The van der Waals surface area contributed by atoms with E-state index < -0.39 is 26.0 Å². The molecular weight excluding hydrogens is 593 g/mol. The first-order chi connectivity index (χ1) is 17.9. The fourth-order valence-electron chi connectivity index (χ4n) is 3.27. The number of benzene rings is 4. The van der Waals surface area contributed by atoms with Crippen molar-refractivity contribution in [3.63, 3.8) is 0 Å². The van der Waals surface area contributed by atoms with Gasteiger partial charge in [-0.3, -0.25) is 14.2 Å². The second-order valence-corrected chi connectivity index (χ2v) is 12.4. The highest BCUT2D eigenvalue weighted by atomic mass is 35.5. The van der Waals surface area contributed by atoms with Crippen molar-refractivity contribution in [1.82, 2.24) is 0 Å². The van der Waals surface area contributed by atoms with E-state index in [1.165, 1.54) is 72.8 Å². The second kappa shape index (κ2) is 11.2. The third-order valence-corrected chi connectivity index (χ3v) is 8.76. The van der Waals surface area contributed by atoms with Gasteiger partial charge in [0, 0.05) is 10.7 Å². The summed E-state index contributed by atoms with van der Waals surface area (Å²) in [6.45, 7) is 0. The highest BCUT2D eigenvalue weighted by Gasteiger charge is 2.18. The number of hydrogen-bond acceptors (Lipinski definition) is 5. The van der Waals surface area contributed by atoms with Crippen molar-refractivity contribution in [2.75, 3.05) is 14.8 Å². The van der Waals surface area contributed by atoms with Crippen molar-refractivity contribution in [2.45, 2.75) is 9.79 Å². The molecule has 0 fully saturated rings. The Labute approximate surface area is 234 Å². The molecule has 4 rings (SSSR count). The van der Waals surface area contributed by atoms with Crippen LogP contribution in [0.15, 0.2) is 101 Å². The van der Waals surface area contributed by atoms with Gasteiger partial charge in [0.05, 0.1) is 36.8 Å². The highest BCUT2D eigenvalue weighted by molar-refractivity contribution is 7.93. The van der Waals surface area contributed by atoms with Crippen molar-refractivity contribution in [3.05, 3.63) is 112 Å². The number of sulfonamides is 2. The van der Waals surface area contributed by atoms with Gasteiger partial charge >= 0.3 is 0 Å². The Morgan fingerprint density at radius 2 is 1.21 bits per heavy atom. The van der Waals surface area contributed by atoms with Crippen LogP contribution in [-0.4, -0.2) is 22.7 Å². The first-order valence-electron chi connectivity index (χ1n) is 10.7. The molecule has 8 nitrogen and oxygen atoms in total. The Hall–Kier alpha value is -3.28. The molecule has 13 heteroatoms. The van der Waals surface area contributed by atoms with Gasteiger partial charge in [-0.25, -0.2) is 16.8 Å². The summed E-state index contributed by atoms with van der Waals surface area (Å²) in [6, 6.07) is 21.7. The Bertz CT molecular complexity index is 1720. The van der Waals surface area contributed by atoms with Gasteiger partial charge in [0.15, 0.2) is 0 Å². The summed E-state index contributed by atoms with van der Waals surface area (Å²) in [5.74, 6) is -0.575. The largest absolute Gasteiger partial charge is 0.322 e. The topological polar surface area (TPSA) is 121 Å². The third-order valence-electron chi connectivity index (χ3n) is 5.12. The van der Waals surface area contributed by atoms with Crippen LogP contribution in [0.2, 0.25) is 15.1 Å². The van der Waals surface area contributed by atoms with Gasteiger partial charge in [0.2, 0.25) is 0 Å². The molecule has 0 spiro atoms. The Kier molecular flexibility index (Phi) is 8.19. The van der Waals surface area contributed by atoms with Gasteiger partial charge in [-0.15, -0.1) is 0 Å². The number of hydrogen-bond donors (Lipinski definition) is 3. The van der Waals surface area contributed by atoms with Crippen LogP contribution in [0, 0.1) is 0 Å². The minimum absolute atomic E-state index is 0.0130. The fourth-order valence-corrected chi connectivity index (χ4v) is 6.20. The van der Waals surface area contributed by atoms with Gasteiger partial charge in [0.25, 0.3) is 26.0 Å². The Balaban J connectivity index is 1.44. The van der Waals surface area contributed by atoms with Crippen molar-refractivity contribution < 1.29 is 21.6 Å². The highest BCUT2D eigenvalue weighted by Crippen LogP contribution is 2.28. The summed E-state index contributed by atoms with van der Waals surface area (Å²) < 4.78 is 55.2. The normalized spacial score (nSPS) is 11.6. The van der Waals surface area contributed by atoms with Crippen LogP contribution in [0.3, 0.4) is 0 Å². The van der Waals surface area contributed by atoms with E-state index in [1.54, 1.807) is 18.2 Å². The first-order valence-corrected chi connectivity index (χ1v) is 14.8. The Morgan fingerprint density at radius 3 is 1.84 bits per heavy atom. The van der Waals surface area contributed by atoms with Gasteiger partial charge in [-0.2, -0.15) is 0 Å². The second-order valence-electron chi connectivity index (χ2n) is 7.82. The van der Waals surface area contributed by atoms with Crippen molar-refractivity contribution in [1.29, 1.82) is 0 Å². The van der Waals surface area contributed by atoms with E-state index in [-0.39, 0.29) is 36.8 Å². The van der Waals surface area contributed by atoms with E-state index in [0.29, 0.717) is 10.7 Å². The molecule has 38 heavy (non-hydrogen) atoms. The maximum atomic E-state index is 12.8. The molecule has 0 aliphatic rings. The van der Waals surface area contributed by atoms with Crippen LogP contribution in [0.5, 0.6) is 0 Å². The molecule has 0 unspecified atom stereocenters. The van der Waals surface area contributed by atoms with Crippen LogP contribution in [0.1, 0.15) is 10.4 Å². The minimum Gasteiger partial charge on any atom is -0.322 e. The molecule has 0 aliphatic heterocycles. The lowest BCUT2D eigenvalue weighted by Crippen LogP contribution is -2.15. The summed E-state index contributed by atoms with van der Waals surface area (Å²) in [7, 11) is -7.79. The van der Waals surface area contributed by atoms with E-state index in [9.17, 15) is 21.6 Å². The molecule has 0 saturated heterocycles. The lowest BCUT2D eigenvalue weighted by atomic mass is 10.2. The van der Waals surface area contributed by atoms with Crippen LogP contribution in [0.4, 0.5) is 17.1 Å². The third kappa shape index (κ3) is 6.58. The molecule has 0 radical (unpaired) electrons. The molecule has 196 valence electrons. The first kappa shape index (κ1) is 27.7. The van der Waals surface area contributed by atoms with Crippen LogP contribution in [0.25, 0.3) is 0 Å². The molecule has 0 aromatic heterocycles. The zero-order valence-corrected chi connectivity index (χ0v) is 23.1. The number of amides is 1. The molecule has 0 aliphatic carbocycles. The predicted molar refractivity (Wildman–Crippen MR) is 150 cm³/mol. The maximum Gasteiger partial charge on any atom is 0.261 e. The van der Waals surface area contributed by atoms with Crippen LogP contribution < -0.4 is 14.8 Å². The van der Waals surface area contributed by atoms with E-state index in [2.05, 4.69) is 14.8 Å². The van der Waals surface area contributed by atoms with Crippen LogP contribution in [-0.2, 0) is 20.0 Å². The molecule has 3 N–H and O–H groups in total. The lowest BCUT2D eigenvalue weighted by Gasteiger charge is -2.12. The summed E-state index contributed by atoms with van der Waals surface area (Å²) in [5, 5.41) is 3.14. The smallest absolute Gasteiger partial charge is 0.261 e. The van der Waals surface area contributed by atoms with Crippen LogP contribution >= 0.6 is 34.8 Å². The number of nitrogens with one attached hydrogen (secondary N) is 3. The molecule has 1 amide bonds. The van der Waals surface area contributed by atoms with E-state index >= 15 is 0 Å². The SMILES string of the molecule is O=C(Nc1ccc(S(=O)(=O)Nc2ccc(Cl)cc2Cl)cc1)c1ccc(NS(=O)(=O)c2ccccc2)cc1Cl. The van der Waals surface area contributed by atoms with E-state index in [1.807, 2.05) is 0 Å². The average Bonchev–Trinajstić information content (AvgIpc) is 2.86. The zero-order chi connectivity index (χ0) is 27.5. The summed E-state index contributed by atoms with van der Waals surface area (Å²) >= 11 is 18.1. The lowest BCUT2D eigenvalue weighted by molar-refractivity contribution is 0.102. The van der Waals surface area contributed by atoms with Gasteiger partial charge < -0.3 is 5.32 Å². The predicted octanol–water partition coefficient (Wildman–Crippen LogP) is 6.50. The number of halogens is 3. The number of carbonyl (C=O) groups is 1. The molecule has 0 saturated carbocycles. The number of anilines is 3. The molecule has 0 bridgehead atoms. The quantitative estimate of drug-likeness (QED) is 0.210. The summed E-state index contributed by atoms with van der Waals surface area (Å²) in [6.07, 6.45) is 0. The monoisotopic (exact) mass is 609 g/mol. The summed E-state index contributed by atoms with van der Waals surface area (Å²) in [5.41, 5.74) is 0.740. The molecule has 0 heterocycles. The maximum absolute atomic E-state index is 12.8. The summed E-state index contributed by atoms with van der Waals surface area (Å²) in [4.78, 5) is 12.8. The number of carbonyl (C=O) groups excluding carboxylic acids is 1. The average molecular weight is 611 g/mol. The molecule has 4 aromatic rings.